The van der Waals surface area contributed by atoms with Crippen molar-refractivity contribution in [1.29, 1.82) is 0 Å². The van der Waals surface area contributed by atoms with Crippen LogP contribution in [0.15, 0.2) is 0 Å². The minimum Gasteiger partial charge on any atom is -0.478 e. The van der Waals surface area contributed by atoms with Gasteiger partial charge in [0.15, 0.2) is 0 Å². The van der Waals surface area contributed by atoms with E-state index >= 15 is 0 Å². The minimum absolute atomic E-state index is 0.119. The zero-order valence-corrected chi connectivity index (χ0v) is 15.4. The Morgan fingerprint density at radius 3 is 1.94 bits per heavy atom. The molecule has 18 heavy (non-hydrogen) atoms. The molecule has 0 radical (unpaired) electrons. The van der Waals surface area contributed by atoms with Gasteiger partial charge in [-0.3, -0.25) is 4.79 Å². The molecule has 0 fully saturated rings. The highest BCUT2D eigenvalue weighted by Crippen LogP contribution is 2.32. The van der Waals surface area contributed by atoms with Crippen LogP contribution in [0.25, 0.3) is 0 Å². The summed E-state index contributed by atoms with van der Waals surface area (Å²) in [6.07, 6.45) is 0.508. The molecule has 8 heteroatoms. The fourth-order valence-corrected chi connectivity index (χ4v) is 6.18. The molecule has 5 N–H and O–H groups in total. The third-order valence-corrected chi connectivity index (χ3v) is 5.72. The molecule has 1 amide bonds. The Balaban J connectivity index is 3.75. The van der Waals surface area contributed by atoms with Crippen LogP contribution in [0.2, 0.25) is 0 Å². The van der Waals surface area contributed by atoms with Gasteiger partial charge in [0.05, 0.1) is 11.1 Å². The van der Waals surface area contributed by atoms with Gasteiger partial charge in [0.1, 0.15) is 0 Å². The number of aromatic carboxylic acids is 1. The number of carbonyl (C=O) groups is 2. The third kappa shape index (κ3) is 3.07. The number of hydrogen-bond acceptors (Lipinski definition) is 3. The number of amides is 1. The van der Waals surface area contributed by atoms with E-state index in [9.17, 15) is 14.7 Å². The van der Waals surface area contributed by atoms with Crippen molar-refractivity contribution in [3.8, 4) is 0 Å². The van der Waals surface area contributed by atoms with Crippen molar-refractivity contribution < 1.29 is 14.7 Å². The quantitative estimate of drug-likeness (QED) is 0.469. The maximum Gasteiger partial charge on any atom is 0.337 e. The van der Waals surface area contributed by atoms with Gasteiger partial charge in [-0.15, -0.1) is 0 Å². The van der Waals surface area contributed by atoms with Gasteiger partial charge in [0, 0.05) is 10.7 Å². The van der Waals surface area contributed by atoms with Crippen molar-refractivity contribution in [2.75, 3.05) is 6.54 Å². The molecule has 0 saturated carbocycles. The van der Waals surface area contributed by atoms with Crippen molar-refractivity contribution in [3.05, 3.63) is 27.4 Å². The highest BCUT2D eigenvalue weighted by molar-refractivity contribution is 14.1. The Kier molecular flexibility index (Phi) is 6.05. The topological polar surface area (TPSA) is 106 Å². The van der Waals surface area contributed by atoms with Crippen LogP contribution in [-0.2, 0) is 6.42 Å². The lowest BCUT2D eigenvalue weighted by Gasteiger charge is -2.15. The molecule has 1 aromatic carbocycles. The van der Waals surface area contributed by atoms with E-state index in [1.54, 1.807) is 0 Å². The molecule has 1 aromatic rings. The van der Waals surface area contributed by atoms with E-state index in [1.807, 2.05) is 67.8 Å². The van der Waals surface area contributed by atoms with Crippen molar-refractivity contribution in [3.63, 3.8) is 0 Å². The largest absolute Gasteiger partial charge is 0.478 e. The smallest absolute Gasteiger partial charge is 0.337 e. The van der Waals surface area contributed by atoms with E-state index in [2.05, 4.69) is 0 Å². The molecule has 0 unspecified atom stereocenters. The molecule has 0 spiro atoms. The Hall–Kier alpha value is 0.310. The second-order valence-corrected chi connectivity index (χ2v) is 6.61. The SMILES string of the molecule is NCCc1c(I)c(C(N)=O)c(I)c(C(=O)O)c1I. The molecule has 0 atom stereocenters. The summed E-state index contributed by atoms with van der Waals surface area (Å²) in [6.45, 7) is 0.379. The average Bonchev–Trinajstić information content (AvgIpc) is 2.23. The molecule has 0 aliphatic rings. The van der Waals surface area contributed by atoms with Crippen LogP contribution in [0.5, 0.6) is 0 Å². The van der Waals surface area contributed by atoms with Crippen LogP contribution in [0.1, 0.15) is 26.3 Å². The van der Waals surface area contributed by atoms with Gasteiger partial charge in [0.2, 0.25) is 0 Å². The Bertz CT molecular complexity index is 491. The zero-order chi connectivity index (χ0) is 14.0. The summed E-state index contributed by atoms with van der Waals surface area (Å²) in [6, 6.07) is 0. The summed E-state index contributed by atoms with van der Waals surface area (Å²) in [7, 11) is 0. The Morgan fingerprint density at radius 2 is 1.56 bits per heavy atom. The predicted octanol–water partition coefficient (Wildman–Crippen LogP) is 1.80. The van der Waals surface area contributed by atoms with Gasteiger partial charge in [-0.05, 0) is 86.3 Å². The van der Waals surface area contributed by atoms with Gasteiger partial charge >= 0.3 is 5.97 Å². The van der Waals surface area contributed by atoms with Crippen molar-refractivity contribution >= 4 is 79.6 Å². The maximum absolute atomic E-state index is 11.5. The van der Waals surface area contributed by atoms with Crippen molar-refractivity contribution in [2.45, 2.75) is 6.42 Å². The number of primary amides is 1. The lowest BCUT2D eigenvalue weighted by Crippen LogP contribution is -2.21. The van der Waals surface area contributed by atoms with Crippen LogP contribution >= 0.6 is 67.8 Å². The first-order valence-corrected chi connectivity index (χ1v) is 7.99. The number of carbonyl (C=O) groups excluding carboxylic acids is 1. The number of nitrogens with two attached hydrogens (primary N) is 2. The summed E-state index contributed by atoms with van der Waals surface area (Å²) in [5.41, 5.74) is 12.0. The first kappa shape index (κ1) is 16.4. The summed E-state index contributed by atoms with van der Waals surface area (Å²) in [5, 5.41) is 9.24. The van der Waals surface area contributed by atoms with Gasteiger partial charge in [-0.1, -0.05) is 0 Å². The fourth-order valence-electron chi connectivity index (χ4n) is 1.48. The second kappa shape index (κ2) is 6.65. The Morgan fingerprint density at radius 1 is 1.06 bits per heavy atom. The molecule has 0 aromatic heterocycles. The van der Waals surface area contributed by atoms with E-state index in [-0.39, 0.29) is 11.1 Å². The number of carboxylic acid groups (broad SMARTS) is 1. The van der Waals surface area contributed by atoms with Gasteiger partial charge in [-0.25, -0.2) is 4.79 Å². The third-order valence-electron chi connectivity index (χ3n) is 2.26. The average molecular weight is 586 g/mol. The molecule has 0 bridgehead atoms. The van der Waals surface area contributed by atoms with Gasteiger partial charge in [-0.2, -0.15) is 0 Å². The van der Waals surface area contributed by atoms with E-state index < -0.39 is 11.9 Å². The highest BCUT2D eigenvalue weighted by atomic mass is 127. The summed E-state index contributed by atoms with van der Waals surface area (Å²) in [4.78, 5) is 22.8. The van der Waals surface area contributed by atoms with E-state index in [4.69, 9.17) is 11.5 Å². The van der Waals surface area contributed by atoms with E-state index in [1.165, 1.54) is 0 Å². The summed E-state index contributed by atoms with van der Waals surface area (Å²) >= 11 is 5.83. The normalized spacial score (nSPS) is 10.4. The van der Waals surface area contributed by atoms with Crippen LogP contribution in [-0.4, -0.2) is 23.5 Å². The molecule has 5 nitrogen and oxygen atoms in total. The number of hydrogen-bond donors (Lipinski definition) is 3. The Labute approximate surface area is 144 Å². The number of rotatable bonds is 4. The monoisotopic (exact) mass is 586 g/mol. The van der Waals surface area contributed by atoms with Gasteiger partial charge < -0.3 is 16.6 Å². The standard InChI is InChI=1S/C10H9I3N2O3/c11-6-3(1-2-14)7(12)5(10(17)18)8(13)4(6)9(15)16/h1-2,14H2,(H2,15,16)(H,17,18). The molecule has 0 aliphatic carbocycles. The number of carboxylic acids is 1. The molecule has 98 valence electrons. The van der Waals surface area contributed by atoms with Crippen LogP contribution < -0.4 is 11.5 Å². The maximum atomic E-state index is 11.5. The number of halogens is 3. The summed E-state index contributed by atoms with van der Waals surface area (Å²) < 4.78 is 1.68. The summed E-state index contributed by atoms with van der Waals surface area (Å²) in [5.74, 6) is -1.69. The van der Waals surface area contributed by atoms with Crippen LogP contribution in [0.4, 0.5) is 0 Å². The zero-order valence-electron chi connectivity index (χ0n) is 8.97. The molecule has 0 saturated heterocycles. The van der Waals surface area contributed by atoms with Gasteiger partial charge in [0.25, 0.3) is 5.91 Å². The second-order valence-electron chi connectivity index (χ2n) is 3.38. The van der Waals surface area contributed by atoms with Crippen molar-refractivity contribution in [1.82, 2.24) is 0 Å². The minimum atomic E-state index is -1.07. The molecule has 0 aliphatic heterocycles. The lowest BCUT2D eigenvalue weighted by molar-refractivity contribution is 0.0694. The van der Waals surface area contributed by atoms with Crippen LogP contribution in [0, 0.1) is 10.7 Å². The van der Waals surface area contributed by atoms with Crippen molar-refractivity contribution in [2.24, 2.45) is 11.5 Å². The first-order chi connectivity index (χ1) is 8.32. The molecular weight excluding hydrogens is 577 g/mol. The fraction of sp³-hybridized carbons (Fsp3) is 0.200. The highest BCUT2D eigenvalue weighted by Gasteiger charge is 2.25. The number of benzene rings is 1. The molecular formula is C10H9I3N2O3. The first-order valence-electron chi connectivity index (χ1n) is 4.75. The molecule has 0 heterocycles. The lowest BCUT2D eigenvalue weighted by atomic mass is 10.0. The van der Waals surface area contributed by atoms with Crippen LogP contribution in [0.3, 0.4) is 0 Å². The van der Waals surface area contributed by atoms with E-state index in [0.717, 1.165) is 5.56 Å². The predicted molar refractivity (Wildman–Crippen MR) is 92.8 cm³/mol. The van der Waals surface area contributed by atoms with E-state index in [0.29, 0.717) is 23.7 Å². The molecule has 1 rings (SSSR count).